The molecule has 3 rings (SSSR count). The first-order valence-corrected chi connectivity index (χ1v) is 6.58. The number of carboxylic acid groups (broad SMARTS) is 1. The van der Waals surface area contributed by atoms with Crippen molar-refractivity contribution >= 4 is 11.9 Å². The minimum Gasteiger partial charge on any atom is -0.480 e. The summed E-state index contributed by atoms with van der Waals surface area (Å²) in [6.07, 6.45) is 2.75. The highest BCUT2D eigenvalue weighted by Gasteiger charge is 2.36. The number of rotatable bonds is 3. The molecule has 0 spiro atoms. The molecule has 0 saturated carbocycles. The lowest BCUT2D eigenvalue weighted by atomic mass is 10.2. The maximum atomic E-state index is 12.3. The van der Waals surface area contributed by atoms with Gasteiger partial charge in [0.25, 0.3) is 5.91 Å². The normalized spacial score (nSPS) is 17.9. The molecule has 1 aliphatic rings. The fourth-order valence-electron chi connectivity index (χ4n) is 2.42. The zero-order valence-electron chi connectivity index (χ0n) is 11.1. The highest BCUT2D eigenvalue weighted by atomic mass is 16.5. The number of likely N-dealkylation sites (tertiary alicyclic amines) is 1. The van der Waals surface area contributed by atoms with Crippen molar-refractivity contribution in [1.82, 2.24) is 15.0 Å². The second-order valence-corrected chi connectivity index (χ2v) is 4.79. The van der Waals surface area contributed by atoms with Crippen LogP contribution in [0.3, 0.4) is 0 Å². The molecule has 7 nitrogen and oxygen atoms in total. The minimum absolute atomic E-state index is 0.0313. The van der Waals surface area contributed by atoms with E-state index in [1.54, 1.807) is 24.4 Å². The summed E-state index contributed by atoms with van der Waals surface area (Å²) in [6.45, 7) is 0.412. The standard InChI is InChI=1S/C14H13N3O4/c18-13(17-7-3-5-11(17)14(19)20)12-8-10(16-21-12)9-4-1-2-6-15-9/h1-2,4,6,8,11H,3,5,7H2,(H,19,20)/t11-/m0/s1. The topological polar surface area (TPSA) is 96.5 Å². The molecule has 1 atom stereocenters. The van der Waals surface area contributed by atoms with E-state index in [4.69, 9.17) is 9.63 Å². The molecule has 1 aliphatic heterocycles. The third-order valence-corrected chi connectivity index (χ3v) is 3.45. The maximum Gasteiger partial charge on any atom is 0.326 e. The number of carbonyl (C=O) groups is 2. The van der Waals surface area contributed by atoms with Crippen molar-refractivity contribution in [3.05, 3.63) is 36.2 Å². The quantitative estimate of drug-likeness (QED) is 0.917. The summed E-state index contributed by atoms with van der Waals surface area (Å²) in [7, 11) is 0. The van der Waals surface area contributed by atoms with Crippen LogP contribution in [0, 0.1) is 0 Å². The van der Waals surface area contributed by atoms with Gasteiger partial charge in [-0.25, -0.2) is 4.79 Å². The highest BCUT2D eigenvalue weighted by Crippen LogP contribution is 2.22. The van der Waals surface area contributed by atoms with Gasteiger partial charge in [0.2, 0.25) is 5.76 Å². The Labute approximate surface area is 120 Å². The molecule has 7 heteroatoms. The Hall–Kier alpha value is -2.70. The number of aromatic nitrogens is 2. The van der Waals surface area contributed by atoms with Crippen molar-refractivity contribution in [2.45, 2.75) is 18.9 Å². The summed E-state index contributed by atoms with van der Waals surface area (Å²) >= 11 is 0. The summed E-state index contributed by atoms with van der Waals surface area (Å²) in [4.78, 5) is 28.9. The van der Waals surface area contributed by atoms with Crippen molar-refractivity contribution in [3.8, 4) is 11.4 Å². The van der Waals surface area contributed by atoms with Crippen LogP contribution in [0.15, 0.2) is 35.0 Å². The average molecular weight is 287 g/mol. The molecule has 108 valence electrons. The molecule has 1 fully saturated rings. The van der Waals surface area contributed by atoms with E-state index >= 15 is 0 Å². The SMILES string of the molecule is O=C(O)[C@@H]1CCCN1C(=O)c1cc(-c2ccccn2)no1. The van der Waals surface area contributed by atoms with Crippen molar-refractivity contribution in [2.24, 2.45) is 0 Å². The molecule has 0 radical (unpaired) electrons. The number of hydrogen-bond acceptors (Lipinski definition) is 5. The Bertz CT molecular complexity index is 668. The second-order valence-electron chi connectivity index (χ2n) is 4.79. The van der Waals surface area contributed by atoms with E-state index in [1.807, 2.05) is 0 Å². The van der Waals surface area contributed by atoms with Gasteiger partial charge in [-0.15, -0.1) is 0 Å². The summed E-state index contributed by atoms with van der Waals surface area (Å²) in [5.41, 5.74) is 1.04. The van der Waals surface area contributed by atoms with Gasteiger partial charge in [0.15, 0.2) is 0 Å². The fraction of sp³-hybridized carbons (Fsp3) is 0.286. The van der Waals surface area contributed by atoms with E-state index in [-0.39, 0.29) is 5.76 Å². The number of aliphatic carboxylic acids is 1. The molecule has 0 aliphatic carbocycles. The van der Waals surface area contributed by atoms with Crippen molar-refractivity contribution < 1.29 is 19.2 Å². The average Bonchev–Trinajstić information content (AvgIpc) is 3.17. The van der Waals surface area contributed by atoms with E-state index in [0.717, 1.165) is 0 Å². The number of carbonyl (C=O) groups excluding carboxylic acids is 1. The summed E-state index contributed by atoms with van der Waals surface area (Å²) in [5.74, 6) is -1.41. The zero-order valence-corrected chi connectivity index (χ0v) is 11.1. The number of nitrogens with zero attached hydrogens (tertiary/aromatic N) is 3. The van der Waals surface area contributed by atoms with Crippen LogP contribution < -0.4 is 0 Å². The lowest BCUT2D eigenvalue weighted by molar-refractivity contribution is -0.141. The van der Waals surface area contributed by atoms with Crippen LogP contribution in [0.25, 0.3) is 11.4 Å². The molecule has 0 unspecified atom stereocenters. The minimum atomic E-state index is -0.995. The molecule has 21 heavy (non-hydrogen) atoms. The molecule has 1 amide bonds. The monoisotopic (exact) mass is 287 g/mol. The molecular weight excluding hydrogens is 274 g/mol. The summed E-state index contributed by atoms with van der Waals surface area (Å²) < 4.78 is 5.05. The van der Waals surface area contributed by atoms with Crippen LogP contribution >= 0.6 is 0 Å². The number of hydrogen-bond donors (Lipinski definition) is 1. The Balaban J connectivity index is 1.83. The van der Waals surface area contributed by atoms with Crippen LogP contribution in [-0.4, -0.2) is 44.6 Å². The first-order valence-electron chi connectivity index (χ1n) is 6.58. The van der Waals surface area contributed by atoms with E-state index in [9.17, 15) is 9.59 Å². The van der Waals surface area contributed by atoms with Crippen molar-refractivity contribution in [3.63, 3.8) is 0 Å². The molecule has 2 aromatic heterocycles. The number of carboxylic acids is 1. The molecular formula is C14H13N3O4. The van der Waals surface area contributed by atoms with Crippen LogP contribution in [0.2, 0.25) is 0 Å². The molecule has 1 N–H and O–H groups in total. The van der Waals surface area contributed by atoms with Gasteiger partial charge in [0.05, 0.1) is 5.69 Å². The third-order valence-electron chi connectivity index (χ3n) is 3.45. The van der Waals surface area contributed by atoms with Gasteiger partial charge in [-0.2, -0.15) is 0 Å². The highest BCUT2D eigenvalue weighted by molar-refractivity contribution is 5.95. The predicted molar refractivity (Wildman–Crippen MR) is 71.4 cm³/mol. The Morgan fingerprint density at radius 2 is 2.19 bits per heavy atom. The summed E-state index contributed by atoms with van der Waals surface area (Å²) in [6, 6.07) is 6.03. The van der Waals surface area contributed by atoms with Gasteiger partial charge in [0, 0.05) is 18.8 Å². The molecule has 1 saturated heterocycles. The van der Waals surface area contributed by atoms with Gasteiger partial charge in [-0.3, -0.25) is 9.78 Å². The van der Waals surface area contributed by atoms with Gasteiger partial charge < -0.3 is 14.5 Å². The number of amides is 1. The molecule has 0 bridgehead atoms. The van der Waals surface area contributed by atoms with Gasteiger partial charge in [-0.1, -0.05) is 11.2 Å². The Kier molecular flexibility index (Phi) is 3.39. The Morgan fingerprint density at radius 1 is 1.33 bits per heavy atom. The molecule has 2 aromatic rings. The first-order chi connectivity index (χ1) is 10.2. The Morgan fingerprint density at radius 3 is 2.90 bits per heavy atom. The summed E-state index contributed by atoms with van der Waals surface area (Å²) in [5, 5.41) is 12.9. The smallest absolute Gasteiger partial charge is 0.326 e. The van der Waals surface area contributed by atoms with E-state index in [2.05, 4.69) is 10.1 Å². The van der Waals surface area contributed by atoms with Crippen LogP contribution in [0.5, 0.6) is 0 Å². The van der Waals surface area contributed by atoms with Gasteiger partial charge >= 0.3 is 5.97 Å². The van der Waals surface area contributed by atoms with E-state index in [0.29, 0.717) is 30.8 Å². The molecule has 3 heterocycles. The molecule has 0 aromatic carbocycles. The van der Waals surface area contributed by atoms with E-state index in [1.165, 1.54) is 11.0 Å². The van der Waals surface area contributed by atoms with Crippen LogP contribution in [0.1, 0.15) is 23.4 Å². The van der Waals surface area contributed by atoms with Crippen molar-refractivity contribution in [1.29, 1.82) is 0 Å². The van der Waals surface area contributed by atoms with Crippen molar-refractivity contribution in [2.75, 3.05) is 6.54 Å². The van der Waals surface area contributed by atoms with E-state index < -0.39 is 17.9 Å². The van der Waals surface area contributed by atoms with Crippen LogP contribution in [-0.2, 0) is 4.79 Å². The maximum absolute atomic E-state index is 12.3. The van der Waals surface area contributed by atoms with Gasteiger partial charge in [0.1, 0.15) is 11.7 Å². The zero-order chi connectivity index (χ0) is 14.8. The van der Waals surface area contributed by atoms with Gasteiger partial charge in [-0.05, 0) is 25.0 Å². The second kappa shape index (κ2) is 5.35. The third kappa shape index (κ3) is 2.49. The first kappa shape index (κ1) is 13.3. The fourth-order valence-corrected chi connectivity index (χ4v) is 2.42. The lowest BCUT2D eigenvalue weighted by Crippen LogP contribution is -2.40. The lowest BCUT2D eigenvalue weighted by Gasteiger charge is -2.19. The van der Waals surface area contributed by atoms with Crippen LogP contribution in [0.4, 0.5) is 0 Å². The largest absolute Gasteiger partial charge is 0.480 e. The predicted octanol–water partition coefficient (Wildman–Crippen LogP) is 1.43. The number of pyridine rings is 1.